The van der Waals surface area contributed by atoms with Crippen LogP contribution in [0, 0.1) is 0 Å². The molecule has 0 radical (unpaired) electrons. The standard InChI is InChI=1S/C15H16ClNO/c1-2-11-4-3-5-14(8-11)18-10-12-9-13(17)6-7-15(12)16/h3-9H,2,10,17H2,1H3. The van der Waals surface area contributed by atoms with Gasteiger partial charge in [0, 0.05) is 16.3 Å². The number of nitrogens with two attached hydrogens (primary N) is 1. The number of rotatable bonds is 4. The van der Waals surface area contributed by atoms with Crippen LogP contribution < -0.4 is 10.5 Å². The molecular weight excluding hydrogens is 246 g/mol. The Morgan fingerprint density at radius 2 is 2.00 bits per heavy atom. The first-order chi connectivity index (χ1) is 8.69. The van der Waals surface area contributed by atoms with Crippen LogP contribution >= 0.6 is 11.6 Å². The van der Waals surface area contributed by atoms with E-state index < -0.39 is 0 Å². The molecule has 2 N–H and O–H groups in total. The zero-order valence-corrected chi connectivity index (χ0v) is 11.1. The van der Waals surface area contributed by atoms with Gasteiger partial charge in [-0.05, 0) is 42.3 Å². The van der Waals surface area contributed by atoms with Crippen molar-refractivity contribution >= 4 is 17.3 Å². The highest BCUT2D eigenvalue weighted by molar-refractivity contribution is 6.31. The molecule has 0 aliphatic rings. The summed E-state index contributed by atoms with van der Waals surface area (Å²) in [6, 6.07) is 13.5. The Balaban J connectivity index is 2.08. The number of aryl methyl sites for hydroxylation is 1. The first-order valence-corrected chi connectivity index (χ1v) is 6.32. The molecule has 0 aromatic heterocycles. The van der Waals surface area contributed by atoms with Crippen LogP contribution in [-0.4, -0.2) is 0 Å². The monoisotopic (exact) mass is 261 g/mol. The normalized spacial score (nSPS) is 10.3. The third kappa shape index (κ3) is 3.17. The summed E-state index contributed by atoms with van der Waals surface area (Å²) in [6.07, 6.45) is 0.996. The lowest BCUT2D eigenvalue weighted by atomic mass is 10.1. The number of benzene rings is 2. The van der Waals surface area contributed by atoms with Crippen molar-refractivity contribution in [2.45, 2.75) is 20.0 Å². The molecule has 0 fully saturated rings. The van der Waals surface area contributed by atoms with Gasteiger partial charge in [-0.1, -0.05) is 30.7 Å². The van der Waals surface area contributed by atoms with Gasteiger partial charge >= 0.3 is 0 Å². The topological polar surface area (TPSA) is 35.2 Å². The van der Waals surface area contributed by atoms with Crippen molar-refractivity contribution in [1.82, 2.24) is 0 Å². The van der Waals surface area contributed by atoms with Crippen LogP contribution in [0.2, 0.25) is 5.02 Å². The molecule has 0 bridgehead atoms. The molecule has 0 amide bonds. The molecule has 2 aromatic carbocycles. The molecule has 0 unspecified atom stereocenters. The van der Waals surface area contributed by atoms with Crippen molar-refractivity contribution < 1.29 is 4.74 Å². The van der Waals surface area contributed by atoms with E-state index in [1.807, 2.05) is 24.3 Å². The number of halogens is 1. The molecule has 0 spiro atoms. The smallest absolute Gasteiger partial charge is 0.120 e. The molecule has 94 valence electrons. The van der Waals surface area contributed by atoms with E-state index in [-0.39, 0.29) is 0 Å². The lowest BCUT2D eigenvalue weighted by Crippen LogP contribution is -1.98. The fourth-order valence-electron chi connectivity index (χ4n) is 1.72. The SMILES string of the molecule is CCc1cccc(OCc2cc(N)ccc2Cl)c1. The molecule has 3 heteroatoms. The summed E-state index contributed by atoms with van der Waals surface area (Å²) in [6.45, 7) is 2.55. The number of ether oxygens (including phenoxy) is 1. The van der Waals surface area contributed by atoms with E-state index in [2.05, 4.69) is 13.0 Å². The fourth-order valence-corrected chi connectivity index (χ4v) is 1.89. The summed E-state index contributed by atoms with van der Waals surface area (Å²) < 4.78 is 5.73. The summed E-state index contributed by atoms with van der Waals surface area (Å²) in [5.74, 6) is 0.854. The minimum Gasteiger partial charge on any atom is -0.489 e. The van der Waals surface area contributed by atoms with Gasteiger partial charge in [-0.3, -0.25) is 0 Å². The molecule has 0 saturated heterocycles. The molecule has 0 aliphatic heterocycles. The maximum absolute atomic E-state index is 6.09. The van der Waals surface area contributed by atoms with Gasteiger partial charge in [0.1, 0.15) is 12.4 Å². The molecular formula is C15H16ClNO. The van der Waals surface area contributed by atoms with Gasteiger partial charge < -0.3 is 10.5 Å². The molecule has 0 atom stereocenters. The Kier molecular flexibility index (Phi) is 4.11. The zero-order chi connectivity index (χ0) is 13.0. The Morgan fingerprint density at radius 1 is 1.17 bits per heavy atom. The third-order valence-corrected chi connectivity index (χ3v) is 3.14. The van der Waals surface area contributed by atoms with Crippen molar-refractivity contribution in [1.29, 1.82) is 0 Å². The van der Waals surface area contributed by atoms with Crippen molar-refractivity contribution in [3.8, 4) is 5.75 Å². The summed E-state index contributed by atoms with van der Waals surface area (Å²) in [7, 11) is 0. The van der Waals surface area contributed by atoms with Crippen LogP contribution in [0.5, 0.6) is 5.75 Å². The van der Waals surface area contributed by atoms with E-state index in [1.165, 1.54) is 5.56 Å². The van der Waals surface area contributed by atoms with Crippen molar-refractivity contribution in [2.24, 2.45) is 0 Å². The average Bonchev–Trinajstić information content (AvgIpc) is 2.40. The predicted octanol–water partition coefficient (Wildman–Crippen LogP) is 4.06. The first-order valence-electron chi connectivity index (χ1n) is 5.94. The summed E-state index contributed by atoms with van der Waals surface area (Å²) in [4.78, 5) is 0. The van der Waals surface area contributed by atoms with Crippen molar-refractivity contribution in [3.63, 3.8) is 0 Å². The van der Waals surface area contributed by atoms with Crippen molar-refractivity contribution in [3.05, 3.63) is 58.6 Å². The van der Waals surface area contributed by atoms with E-state index in [1.54, 1.807) is 12.1 Å². The predicted molar refractivity (Wildman–Crippen MR) is 76.0 cm³/mol. The minimum absolute atomic E-state index is 0.428. The van der Waals surface area contributed by atoms with Crippen molar-refractivity contribution in [2.75, 3.05) is 5.73 Å². The maximum atomic E-state index is 6.09. The highest BCUT2D eigenvalue weighted by Crippen LogP contribution is 2.21. The molecule has 0 saturated carbocycles. The zero-order valence-electron chi connectivity index (χ0n) is 10.3. The van der Waals surface area contributed by atoms with E-state index in [0.717, 1.165) is 17.7 Å². The highest BCUT2D eigenvalue weighted by atomic mass is 35.5. The maximum Gasteiger partial charge on any atom is 0.120 e. The van der Waals surface area contributed by atoms with Crippen LogP contribution in [0.4, 0.5) is 5.69 Å². The number of hydrogen-bond acceptors (Lipinski definition) is 2. The van der Waals surface area contributed by atoms with Crippen LogP contribution in [0.25, 0.3) is 0 Å². The van der Waals surface area contributed by atoms with Gasteiger partial charge in [0.2, 0.25) is 0 Å². The van der Waals surface area contributed by atoms with Crippen LogP contribution in [0.3, 0.4) is 0 Å². The molecule has 0 heterocycles. The van der Waals surface area contributed by atoms with Gasteiger partial charge in [0.25, 0.3) is 0 Å². The Bertz CT molecular complexity index is 540. The highest BCUT2D eigenvalue weighted by Gasteiger charge is 2.02. The molecule has 2 rings (SSSR count). The van der Waals surface area contributed by atoms with E-state index >= 15 is 0 Å². The number of hydrogen-bond donors (Lipinski definition) is 1. The summed E-state index contributed by atoms with van der Waals surface area (Å²) >= 11 is 6.09. The first kappa shape index (κ1) is 12.8. The second kappa shape index (κ2) is 5.78. The fraction of sp³-hybridized carbons (Fsp3) is 0.200. The Hall–Kier alpha value is -1.67. The van der Waals surface area contributed by atoms with Gasteiger partial charge in [-0.15, -0.1) is 0 Å². The van der Waals surface area contributed by atoms with Gasteiger partial charge in [-0.2, -0.15) is 0 Å². The lowest BCUT2D eigenvalue weighted by Gasteiger charge is -2.09. The molecule has 2 nitrogen and oxygen atoms in total. The van der Waals surface area contributed by atoms with E-state index in [9.17, 15) is 0 Å². The summed E-state index contributed by atoms with van der Waals surface area (Å²) in [5, 5.41) is 0.677. The van der Waals surface area contributed by atoms with Gasteiger partial charge in [0.15, 0.2) is 0 Å². The molecule has 0 aliphatic carbocycles. The van der Waals surface area contributed by atoms with E-state index in [0.29, 0.717) is 17.3 Å². The number of nitrogen functional groups attached to an aromatic ring is 1. The lowest BCUT2D eigenvalue weighted by molar-refractivity contribution is 0.306. The molecule has 2 aromatic rings. The largest absolute Gasteiger partial charge is 0.489 e. The van der Waals surface area contributed by atoms with E-state index in [4.69, 9.17) is 22.1 Å². The van der Waals surface area contributed by atoms with Gasteiger partial charge in [-0.25, -0.2) is 0 Å². The minimum atomic E-state index is 0.428. The Labute approximate surface area is 112 Å². The van der Waals surface area contributed by atoms with Gasteiger partial charge in [0.05, 0.1) is 0 Å². The molecule has 18 heavy (non-hydrogen) atoms. The van der Waals surface area contributed by atoms with Crippen LogP contribution in [0.15, 0.2) is 42.5 Å². The van der Waals surface area contributed by atoms with Crippen LogP contribution in [-0.2, 0) is 13.0 Å². The second-order valence-corrected chi connectivity index (χ2v) is 4.55. The second-order valence-electron chi connectivity index (χ2n) is 4.14. The number of anilines is 1. The summed E-state index contributed by atoms with van der Waals surface area (Å²) in [5.41, 5.74) is 8.58. The Morgan fingerprint density at radius 3 is 2.78 bits per heavy atom. The van der Waals surface area contributed by atoms with Crippen LogP contribution in [0.1, 0.15) is 18.1 Å². The average molecular weight is 262 g/mol. The quantitative estimate of drug-likeness (QED) is 0.843. The third-order valence-electron chi connectivity index (χ3n) is 2.77.